The number of sulfonamides is 1. The molecule has 2 aromatic carbocycles. The van der Waals surface area contributed by atoms with E-state index in [2.05, 4.69) is 10.6 Å². The fourth-order valence-corrected chi connectivity index (χ4v) is 8.94. The molecule has 1 aliphatic carbocycles. The molecule has 12 nitrogen and oxygen atoms in total. The Morgan fingerprint density at radius 2 is 1.60 bits per heavy atom. The zero-order valence-electron chi connectivity index (χ0n) is 27.9. The topological polar surface area (TPSA) is 162 Å². The number of likely N-dealkylation sites (tertiary alicyclic amines) is 1. The van der Waals surface area contributed by atoms with Crippen LogP contribution in [0.1, 0.15) is 70.4 Å². The molecule has 2 heterocycles. The molecule has 260 valence electrons. The molecule has 2 aliphatic heterocycles. The van der Waals surface area contributed by atoms with Crippen LogP contribution >= 0.6 is 0 Å². The third-order valence-electron chi connectivity index (χ3n) is 9.50. The van der Waals surface area contributed by atoms with Crippen molar-refractivity contribution in [2.45, 2.75) is 113 Å². The van der Waals surface area contributed by atoms with E-state index in [9.17, 15) is 32.7 Å². The SMILES string of the molecule is Cc1ccc(S(=O)(=O)N2CCC[C@H]2C(=O)NC(=O)C2CC3C(N[C@@H](Cc4ccccc4)C(=O)O)CCCC3N2C(=O)OC(C)(C)C)cc1. The van der Waals surface area contributed by atoms with Crippen LogP contribution in [0.15, 0.2) is 59.5 Å². The zero-order valence-corrected chi connectivity index (χ0v) is 28.7. The number of hydrogen-bond donors (Lipinski definition) is 3. The molecule has 1 saturated carbocycles. The van der Waals surface area contributed by atoms with Crippen molar-refractivity contribution in [1.29, 1.82) is 0 Å². The molecule has 0 spiro atoms. The normalized spacial score (nSPS) is 25.2. The number of amides is 3. The first-order valence-corrected chi connectivity index (χ1v) is 18.1. The van der Waals surface area contributed by atoms with Crippen LogP contribution in [0.3, 0.4) is 0 Å². The van der Waals surface area contributed by atoms with Crippen LogP contribution in [-0.2, 0) is 35.6 Å². The number of imide groups is 1. The Morgan fingerprint density at radius 3 is 2.25 bits per heavy atom. The Bertz CT molecular complexity index is 1610. The van der Waals surface area contributed by atoms with E-state index in [-0.39, 0.29) is 42.7 Å². The van der Waals surface area contributed by atoms with Crippen LogP contribution < -0.4 is 10.6 Å². The molecule has 0 radical (unpaired) electrons. The maximum absolute atomic E-state index is 13.9. The molecule has 0 aromatic heterocycles. The Balaban J connectivity index is 1.36. The van der Waals surface area contributed by atoms with E-state index < -0.39 is 63.7 Å². The maximum atomic E-state index is 13.9. The number of carbonyl (C=O) groups is 4. The van der Waals surface area contributed by atoms with E-state index in [1.807, 2.05) is 37.3 Å². The third kappa shape index (κ3) is 7.90. The second-order valence-electron chi connectivity index (χ2n) is 14.1. The van der Waals surface area contributed by atoms with Gasteiger partial charge in [0.05, 0.1) is 4.90 Å². The minimum absolute atomic E-state index is 0.0700. The summed E-state index contributed by atoms with van der Waals surface area (Å²) < 4.78 is 33.8. The van der Waals surface area contributed by atoms with Crippen molar-refractivity contribution in [3.63, 3.8) is 0 Å². The molecule has 3 aliphatic rings. The van der Waals surface area contributed by atoms with Crippen LogP contribution in [0.25, 0.3) is 0 Å². The highest BCUT2D eigenvalue weighted by atomic mass is 32.2. The highest BCUT2D eigenvalue weighted by Crippen LogP contribution is 2.41. The highest BCUT2D eigenvalue weighted by molar-refractivity contribution is 7.89. The van der Waals surface area contributed by atoms with Gasteiger partial charge >= 0.3 is 12.1 Å². The monoisotopic (exact) mass is 682 g/mol. The molecule has 3 N–H and O–H groups in total. The predicted molar refractivity (Wildman–Crippen MR) is 177 cm³/mol. The number of hydrogen-bond acceptors (Lipinski definition) is 8. The van der Waals surface area contributed by atoms with Gasteiger partial charge in [0.1, 0.15) is 23.7 Å². The molecule has 3 amide bonds. The fraction of sp³-hybridized carbons (Fsp3) is 0.543. The average Bonchev–Trinajstić information content (AvgIpc) is 3.68. The van der Waals surface area contributed by atoms with Crippen LogP contribution in [0.5, 0.6) is 0 Å². The Hall–Kier alpha value is -3.81. The quantitative estimate of drug-likeness (QED) is 0.336. The summed E-state index contributed by atoms with van der Waals surface area (Å²) in [5.74, 6) is -2.72. The van der Waals surface area contributed by atoms with Gasteiger partial charge < -0.3 is 15.2 Å². The molecule has 6 atom stereocenters. The largest absolute Gasteiger partial charge is 0.480 e. The lowest BCUT2D eigenvalue weighted by Crippen LogP contribution is -2.56. The van der Waals surface area contributed by atoms with Crippen LogP contribution in [0, 0.1) is 12.8 Å². The number of nitrogens with zero attached hydrogens (tertiary/aromatic N) is 2. The van der Waals surface area contributed by atoms with Crippen LogP contribution in [0.2, 0.25) is 0 Å². The number of nitrogens with one attached hydrogen (secondary N) is 2. The number of carboxylic acids is 1. The highest BCUT2D eigenvalue weighted by Gasteiger charge is 2.53. The summed E-state index contributed by atoms with van der Waals surface area (Å²) >= 11 is 0. The first-order chi connectivity index (χ1) is 22.7. The van der Waals surface area contributed by atoms with Gasteiger partial charge in [0, 0.05) is 18.6 Å². The standard InChI is InChI=1S/C35H46N4O8S/c1-22-15-17-24(18-16-22)48(45,46)38-19-9-14-29(38)31(40)37-32(41)30-21-25-26(36-27(33(42)43)20-23-10-6-5-7-11-23)12-8-13-28(25)39(30)34(44)47-35(2,3)4/h5-7,10-11,15-18,25-30,36H,8-9,12-14,19-21H2,1-4H3,(H,42,43)(H,37,40,41)/t25?,26?,27-,28?,29-,30?/m0/s1. The van der Waals surface area contributed by atoms with Crippen LogP contribution in [-0.4, -0.2) is 89.0 Å². The molecule has 13 heteroatoms. The molecule has 4 unspecified atom stereocenters. The Labute approximate surface area is 282 Å². The summed E-state index contributed by atoms with van der Waals surface area (Å²) in [5.41, 5.74) is 0.915. The van der Waals surface area contributed by atoms with Gasteiger partial charge in [-0.05, 0) is 96.3 Å². The van der Waals surface area contributed by atoms with Crippen molar-refractivity contribution in [3.05, 3.63) is 65.7 Å². The average molecular weight is 683 g/mol. The van der Waals surface area contributed by atoms with Crippen molar-refractivity contribution in [1.82, 2.24) is 19.8 Å². The number of aryl methyl sites for hydroxylation is 1. The molecular weight excluding hydrogens is 636 g/mol. The minimum atomic E-state index is -3.99. The van der Waals surface area contributed by atoms with Gasteiger partial charge in [-0.3, -0.25) is 24.6 Å². The lowest BCUT2D eigenvalue weighted by molar-refractivity contribution is -0.140. The van der Waals surface area contributed by atoms with Gasteiger partial charge in [0.15, 0.2) is 0 Å². The molecule has 2 aromatic rings. The summed E-state index contributed by atoms with van der Waals surface area (Å²) in [5, 5.41) is 15.8. The van der Waals surface area contributed by atoms with Crippen molar-refractivity contribution in [2.24, 2.45) is 5.92 Å². The number of carbonyl (C=O) groups excluding carboxylic acids is 3. The molecule has 2 saturated heterocycles. The molecule has 3 fully saturated rings. The molecule has 48 heavy (non-hydrogen) atoms. The maximum Gasteiger partial charge on any atom is 0.411 e. The lowest BCUT2D eigenvalue weighted by atomic mass is 9.80. The van der Waals surface area contributed by atoms with Crippen LogP contribution in [0.4, 0.5) is 4.79 Å². The summed E-state index contributed by atoms with van der Waals surface area (Å²) in [6.07, 6.45) is 2.40. The number of carboxylic acid groups (broad SMARTS) is 1. The summed E-state index contributed by atoms with van der Waals surface area (Å²) in [7, 11) is -3.99. The minimum Gasteiger partial charge on any atom is -0.480 e. The number of rotatable bonds is 9. The van der Waals surface area contributed by atoms with Gasteiger partial charge in [-0.1, -0.05) is 48.0 Å². The fourth-order valence-electron chi connectivity index (χ4n) is 7.28. The number of aliphatic carboxylic acids is 1. The van der Waals surface area contributed by atoms with Gasteiger partial charge in [0.2, 0.25) is 21.8 Å². The van der Waals surface area contributed by atoms with E-state index in [1.54, 1.807) is 32.9 Å². The first-order valence-electron chi connectivity index (χ1n) is 16.6. The van der Waals surface area contributed by atoms with Crippen molar-refractivity contribution >= 4 is 33.9 Å². The van der Waals surface area contributed by atoms with Gasteiger partial charge in [-0.2, -0.15) is 4.31 Å². The number of fused-ring (bicyclic) bond motifs is 1. The van der Waals surface area contributed by atoms with Crippen molar-refractivity contribution < 1.29 is 37.4 Å². The lowest BCUT2D eigenvalue weighted by Gasteiger charge is -2.39. The second-order valence-corrected chi connectivity index (χ2v) is 16.0. The third-order valence-corrected chi connectivity index (χ3v) is 11.4. The number of ether oxygens (including phenoxy) is 1. The Morgan fingerprint density at radius 1 is 0.938 bits per heavy atom. The van der Waals surface area contributed by atoms with E-state index >= 15 is 0 Å². The summed E-state index contributed by atoms with van der Waals surface area (Å²) in [4.78, 5) is 55.0. The van der Waals surface area contributed by atoms with E-state index in [4.69, 9.17) is 4.74 Å². The van der Waals surface area contributed by atoms with Gasteiger partial charge in [0.25, 0.3) is 0 Å². The van der Waals surface area contributed by atoms with E-state index in [0.717, 1.165) is 15.4 Å². The number of benzene rings is 2. The van der Waals surface area contributed by atoms with E-state index in [1.165, 1.54) is 17.0 Å². The van der Waals surface area contributed by atoms with Gasteiger partial charge in [-0.25, -0.2) is 13.2 Å². The summed E-state index contributed by atoms with van der Waals surface area (Å²) in [6, 6.07) is 11.9. The van der Waals surface area contributed by atoms with E-state index in [0.29, 0.717) is 25.7 Å². The van der Waals surface area contributed by atoms with Crippen molar-refractivity contribution in [3.8, 4) is 0 Å². The second kappa shape index (κ2) is 14.4. The molecule has 5 rings (SSSR count). The molecule has 0 bridgehead atoms. The smallest absolute Gasteiger partial charge is 0.411 e. The first kappa shape index (κ1) is 35.5. The summed E-state index contributed by atoms with van der Waals surface area (Å²) in [6.45, 7) is 7.17. The van der Waals surface area contributed by atoms with Crippen molar-refractivity contribution in [2.75, 3.05) is 6.54 Å². The molecular formula is C35H46N4O8S. The van der Waals surface area contributed by atoms with Gasteiger partial charge in [-0.15, -0.1) is 0 Å². The Kier molecular flexibility index (Phi) is 10.6. The zero-order chi connectivity index (χ0) is 34.8. The predicted octanol–water partition coefficient (Wildman–Crippen LogP) is 3.62.